The molecule has 1 N–H and O–H groups in total. The van der Waals surface area contributed by atoms with Crippen molar-refractivity contribution in [3.8, 4) is 0 Å². The lowest BCUT2D eigenvalue weighted by Crippen LogP contribution is -2.26. The molecule has 0 fully saturated rings. The van der Waals surface area contributed by atoms with Crippen LogP contribution in [0.15, 0.2) is 0 Å². The number of rotatable bonds is 4. The highest BCUT2D eigenvalue weighted by atomic mass is 32.1. The predicted molar refractivity (Wildman–Crippen MR) is 77.4 cm³/mol. The molecule has 18 heavy (non-hydrogen) atoms. The first-order valence-electron chi connectivity index (χ1n) is 6.72. The molecule has 1 aliphatic carbocycles. The third-order valence-electron chi connectivity index (χ3n) is 3.75. The molecule has 1 atom stereocenters. The van der Waals surface area contributed by atoms with Gasteiger partial charge in [0.1, 0.15) is 0 Å². The van der Waals surface area contributed by atoms with Crippen molar-refractivity contribution in [3.63, 3.8) is 0 Å². The molecule has 102 valence electrons. The summed E-state index contributed by atoms with van der Waals surface area (Å²) in [5.41, 5.74) is 1.73. The number of hydrogen-bond donors (Lipinski definition) is 1. The lowest BCUT2D eigenvalue weighted by molar-refractivity contribution is 0.210. The van der Waals surface area contributed by atoms with Crippen molar-refractivity contribution >= 4 is 16.5 Å². The maximum absolute atomic E-state index is 5.04. The highest BCUT2D eigenvalue weighted by Gasteiger charge is 2.30. The van der Waals surface area contributed by atoms with Crippen molar-refractivity contribution in [1.82, 2.24) is 4.98 Å². The predicted octanol–water partition coefficient (Wildman–Crippen LogP) is 3.35. The normalized spacial score (nSPS) is 19.7. The van der Waals surface area contributed by atoms with E-state index in [1.807, 2.05) is 11.3 Å². The van der Waals surface area contributed by atoms with Gasteiger partial charge in [0.05, 0.1) is 12.3 Å². The number of ether oxygens (including phenoxy) is 1. The minimum Gasteiger partial charge on any atom is -0.383 e. The van der Waals surface area contributed by atoms with Crippen LogP contribution in [-0.2, 0) is 17.6 Å². The molecule has 3 nitrogen and oxygen atoms in total. The van der Waals surface area contributed by atoms with E-state index >= 15 is 0 Å². The molecule has 1 aromatic rings. The Morgan fingerprint density at radius 3 is 2.89 bits per heavy atom. The molecule has 2 rings (SSSR count). The van der Waals surface area contributed by atoms with E-state index in [1.54, 1.807) is 7.11 Å². The lowest BCUT2D eigenvalue weighted by atomic mass is 9.73. The zero-order valence-electron chi connectivity index (χ0n) is 11.9. The van der Waals surface area contributed by atoms with Crippen molar-refractivity contribution in [2.24, 2.45) is 11.3 Å². The van der Waals surface area contributed by atoms with Crippen LogP contribution in [0.2, 0.25) is 0 Å². The first-order valence-corrected chi connectivity index (χ1v) is 7.53. The number of thiazole rings is 1. The zero-order chi connectivity index (χ0) is 13.2. The molecule has 0 aromatic carbocycles. The number of nitrogens with zero attached hydrogens (tertiary/aromatic N) is 1. The fourth-order valence-electron chi connectivity index (χ4n) is 2.45. The van der Waals surface area contributed by atoms with Gasteiger partial charge in [-0.15, -0.1) is 11.3 Å². The molecule has 1 unspecified atom stereocenters. The number of fused-ring (bicyclic) bond motifs is 1. The quantitative estimate of drug-likeness (QED) is 0.850. The molecule has 0 amide bonds. The Kier molecular flexibility index (Phi) is 4.28. The van der Waals surface area contributed by atoms with Crippen molar-refractivity contribution < 1.29 is 4.74 Å². The van der Waals surface area contributed by atoms with E-state index in [2.05, 4.69) is 26.1 Å². The summed E-state index contributed by atoms with van der Waals surface area (Å²) in [5, 5.41) is 4.40. The summed E-state index contributed by atoms with van der Waals surface area (Å²) >= 11 is 1.83. The van der Waals surface area contributed by atoms with E-state index in [1.165, 1.54) is 23.4 Å². The van der Waals surface area contributed by atoms with E-state index < -0.39 is 0 Å². The SMILES string of the molecule is COCCNc1nc2c(s1)CC(C(C)(C)C)CC2. The molecule has 1 aliphatic rings. The van der Waals surface area contributed by atoms with Crippen LogP contribution < -0.4 is 5.32 Å². The van der Waals surface area contributed by atoms with Crippen LogP contribution in [0.25, 0.3) is 0 Å². The van der Waals surface area contributed by atoms with Crippen LogP contribution in [0.5, 0.6) is 0 Å². The van der Waals surface area contributed by atoms with Gasteiger partial charge in [-0.3, -0.25) is 0 Å². The summed E-state index contributed by atoms with van der Waals surface area (Å²) in [6.07, 6.45) is 3.61. The molecule has 0 saturated carbocycles. The molecule has 0 bridgehead atoms. The molecular formula is C14H24N2OS. The summed E-state index contributed by atoms with van der Waals surface area (Å²) in [4.78, 5) is 6.18. The van der Waals surface area contributed by atoms with Gasteiger partial charge in [0.25, 0.3) is 0 Å². The van der Waals surface area contributed by atoms with Gasteiger partial charge < -0.3 is 10.1 Å². The van der Waals surface area contributed by atoms with Gasteiger partial charge in [-0.25, -0.2) is 4.98 Å². The maximum Gasteiger partial charge on any atom is 0.183 e. The number of anilines is 1. The second kappa shape index (κ2) is 5.57. The number of methoxy groups -OCH3 is 1. The number of aromatic nitrogens is 1. The minimum absolute atomic E-state index is 0.408. The monoisotopic (exact) mass is 268 g/mol. The maximum atomic E-state index is 5.04. The van der Waals surface area contributed by atoms with Crippen molar-refractivity contribution in [1.29, 1.82) is 0 Å². The van der Waals surface area contributed by atoms with Gasteiger partial charge in [-0.1, -0.05) is 20.8 Å². The molecule has 4 heteroatoms. The first-order chi connectivity index (χ1) is 8.50. The topological polar surface area (TPSA) is 34.1 Å². The highest BCUT2D eigenvalue weighted by Crippen LogP contribution is 2.39. The summed E-state index contributed by atoms with van der Waals surface area (Å²) < 4.78 is 5.04. The average Bonchev–Trinajstić information content (AvgIpc) is 2.69. The average molecular weight is 268 g/mol. The van der Waals surface area contributed by atoms with E-state index in [9.17, 15) is 0 Å². The highest BCUT2D eigenvalue weighted by molar-refractivity contribution is 7.15. The van der Waals surface area contributed by atoms with Gasteiger partial charge in [0.15, 0.2) is 5.13 Å². The summed E-state index contributed by atoms with van der Waals surface area (Å²) in [7, 11) is 1.72. The number of hydrogen-bond acceptors (Lipinski definition) is 4. The van der Waals surface area contributed by atoms with Crippen LogP contribution in [0.3, 0.4) is 0 Å². The van der Waals surface area contributed by atoms with Gasteiger partial charge in [-0.05, 0) is 30.6 Å². The summed E-state index contributed by atoms with van der Waals surface area (Å²) in [6.45, 7) is 8.62. The molecule has 0 saturated heterocycles. The second-order valence-corrected chi connectivity index (χ2v) is 7.20. The van der Waals surface area contributed by atoms with Gasteiger partial charge in [-0.2, -0.15) is 0 Å². The third-order valence-corrected chi connectivity index (χ3v) is 4.82. The standard InChI is InChI=1S/C14H24N2OS/c1-14(2,3)10-5-6-11-12(9-10)18-13(16-11)15-7-8-17-4/h10H,5-9H2,1-4H3,(H,15,16). The Hall–Kier alpha value is -0.610. The van der Waals surface area contributed by atoms with E-state index in [0.717, 1.165) is 30.6 Å². The van der Waals surface area contributed by atoms with Crippen molar-refractivity contribution in [2.45, 2.75) is 40.0 Å². The van der Waals surface area contributed by atoms with E-state index in [-0.39, 0.29) is 0 Å². The van der Waals surface area contributed by atoms with E-state index in [0.29, 0.717) is 5.41 Å². The molecule has 1 heterocycles. The van der Waals surface area contributed by atoms with Gasteiger partial charge >= 0.3 is 0 Å². The molecule has 0 radical (unpaired) electrons. The Morgan fingerprint density at radius 1 is 1.44 bits per heavy atom. The van der Waals surface area contributed by atoms with Crippen molar-refractivity contribution in [3.05, 3.63) is 10.6 Å². The molecule has 0 aliphatic heterocycles. The van der Waals surface area contributed by atoms with Crippen LogP contribution in [-0.4, -0.2) is 25.2 Å². The number of nitrogens with one attached hydrogen (secondary N) is 1. The zero-order valence-corrected chi connectivity index (χ0v) is 12.7. The van der Waals surface area contributed by atoms with Crippen molar-refractivity contribution in [2.75, 3.05) is 25.6 Å². The Balaban J connectivity index is 2.00. The Labute approximate surface area is 114 Å². The third kappa shape index (κ3) is 3.23. The second-order valence-electron chi connectivity index (χ2n) is 6.11. The van der Waals surface area contributed by atoms with Crippen LogP contribution >= 0.6 is 11.3 Å². The minimum atomic E-state index is 0.408. The lowest BCUT2D eigenvalue weighted by Gasteiger charge is -2.33. The molecule has 1 aromatic heterocycles. The number of aryl methyl sites for hydroxylation is 1. The Morgan fingerprint density at radius 2 is 2.22 bits per heavy atom. The fraction of sp³-hybridized carbons (Fsp3) is 0.786. The van der Waals surface area contributed by atoms with E-state index in [4.69, 9.17) is 9.72 Å². The van der Waals surface area contributed by atoms with Crippen LogP contribution in [0, 0.1) is 11.3 Å². The van der Waals surface area contributed by atoms with Crippen LogP contribution in [0.4, 0.5) is 5.13 Å². The molecule has 0 spiro atoms. The smallest absolute Gasteiger partial charge is 0.183 e. The summed E-state index contributed by atoms with van der Waals surface area (Å²) in [5.74, 6) is 0.789. The summed E-state index contributed by atoms with van der Waals surface area (Å²) in [6, 6.07) is 0. The first kappa shape index (κ1) is 13.8. The van der Waals surface area contributed by atoms with Gasteiger partial charge in [0, 0.05) is 18.5 Å². The van der Waals surface area contributed by atoms with Crippen LogP contribution in [0.1, 0.15) is 37.8 Å². The molecular weight excluding hydrogens is 244 g/mol. The fourth-order valence-corrected chi connectivity index (χ4v) is 3.56. The largest absolute Gasteiger partial charge is 0.383 e. The Bertz CT molecular complexity index is 395. The van der Waals surface area contributed by atoms with Gasteiger partial charge in [0.2, 0.25) is 0 Å².